The Balaban J connectivity index is 1.86. The predicted molar refractivity (Wildman–Crippen MR) is 55.4 cm³/mol. The van der Waals surface area contributed by atoms with Crippen LogP contribution in [0, 0.1) is 11.8 Å². The predicted octanol–water partition coefficient (Wildman–Crippen LogP) is 3.62. The monoisotopic (exact) mass is 172 g/mol. The minimum atomic E-state index is 1.04. The second-order valence-electron chi connectivity index (χ2n) is 4.67. The summed E-state index contributed by atoms with van der Waals surface area (Å²) >= 11 is 0. The summed E-state index contributed by atoms with van der Waals surface area (Å²) in [5.74, 6) is 2.11. The highest BCUT2D eigenvalue weighted by molar-refractivity contribution is 5.35. The first-order valence-electron chi connectivity index (χ1n) is 5.47. The Morgan fingerprint density at radius 2 is 2.23 bits per heavy atom. The number of rotatable bonds is 0. The van der Waals surface area contributed by atoms with E-state index in [2.05, 4.69) is 24.3 Å². The second kappa shape index (κ2) is 2.87. The van der Waals surface area contributed by atoms with E-state index in [-0.39, 0.29) is 0 Å². The molecule has 0 N–H and O–H groups in total. The van der Waals surface area contributed by atoms with Gasteiger partial charge in [0.25, 0.3) is 0 Å². The lowest BCUT2D eigenvalue weighted by molar-refractivity contribution is 0.648. The molecule has 0 aromatic heterocycles. The maximum absolute atomic E-state index is 2.47. The Kier molecular flexibility index (Phi) is 1.68. The van der Waals surface area contributed by atoms with Crippen molar-refractivity contribution in [2.45, 2.75) is 32.1 Å². The molecule has 0 aliphatic heterocycles. The van der Waals surface area contributed by atoms with Gasteiger partial charge in [-0.05, 0) is 49.5 Å². The van der Waals surface area contributed by atoms with Gasteiger partial charge in [0.1, 0.15) is 0 Å². The normalized spacial score (nSPS) is 40.3. The maximum atomic E-state index is 2.47. The molecular weight excluding hydrogens is 156 g/mol. The Labute approximate surface area is 80.0 Å². The van der Waals surface area contributed by atoms with Crippen molar-refractivity contribution in [2.24, 2.45) is 11.8 Å². The lowest BCUT2D eigenvalue weighted by Gasteiger charge is -2.10. The summed E-state index contributed by atoms with van der Waals surface area (Å²) in [6.45, 7) is 0. The quantitative estimate of drug-likeness (QED) is 0.523. The van der Waals surface area contributed by atoms with Crippen LogP contribution in [0.3, 0.4) is 0 Å². The number of fused-ring (bicyclic) bond motifs is 3. The van der Waals surface area contributed by atoms with Crippen LogP contribution in [0.5, 0.6) is 0 Å². The van der Waals surface area contributed by atoms with E-state index < -0.39 is 0 Å². The molecule has 3 aliphatic carbocycles. The van der Waals surface area contributed by atoms with Crippen LogP contribution in [0.15, 0.2) is 35.5 Å². The summed E-state index contributed by atoms with van der Waals surface area (Å²) in [4.78, 5) is 0. The highest BCUT2D eigenvalue weighted by Gasteiger charge is 2.35. The van der Waals surface area contributed by atoms with E-state index in [0.717, 1.165) is 11.8 Å². The molecule has 1 fully saturated rings. The van der Waals surface area contributed by atoms with Gasteiger partial charge >= 0.3 is 0 Å². The molecule has 0 amide bonds. The molecule has 1 saturated carbocycles. The zero-order valence-corrected chi connectivity index (χ0v) is 8.00. The molecule has 0 aromatic rings. The molecule has 0 nitrogen and oxygen atoms in total. The molecule has 2 atom stereocenters. The fourth-order valence-corrected chi connectivity index (χ4v) is 2.63. The topological polar surface area (TPSA) is 0 Å². The zero-order valence-electron chi connectivity index (χ0n) is 8.00. The molecule has 0 heterocycles. The number of allylic oxidation sites excluding steroid dienone is 6. The van der Waals surface area contributed by atoms with Crippen LogP contribution in [0.4, 0.5) is 0 Å². The Morgan fingerprint density at radius 3 is 3.23 bits per heavy atom. The van der Waals surface area contributed by atoms with Crippen LogP contribution >= 0.6 is 0 Å². The number of hydrogen-bond acceptors (Lipinski definition) is 0. The first-order chi connectivity index (χ1) is 6.42. The molecule has 0 heteroatoms. The molecule has 0 aromatic carbocycles. The minimum Gasteiger partial charge on any atom is -0.0807 e. The van der Waals surface area contributed by atoms with E-state index in [4.69, 9.17) is 0 Å². The highest BCUT2D eigenvalue weighted by atomic mass is 14.4. The molecular formula is C13H16. The minimum absolute atomic E-state index is 1.04. The summed E-state index contributed by atoms with van der Waals surface area (Å²) in [5.41, 5.74) is 3.21. The van der Waals surface area contributed by atoms with Crippen LogP contribution in [-0.2, 0) is 0 Å². The van der Waals surface area contributed by atoms with Crippen molar-refractivity contribution in [3.05, 3.63) is 35.5 Å². The average molecular weight is 172 g/mol. The molecule has 0 saturated heterocycles. The highest BCUT2D eigenvalue weighted by Crippen LogP contribution is 2.47. The van der Waals surface area contributed by atoms with Gasteiger partial charge in [0, 0.05) is 0 Å². The van der Waals surface area contributed by atoms with Crippen molar-refractivity contribution < 1.29 is 0 Å². The van der Waals surface area contributed by atoms with E-state index in [0.29, 0.717) is 0 Å². The lowest BCUT2D eigenvalue weighted by Crippen LogP contribution is -1.91. The summed E-state index contributed by atoms with van der Waals surface area (Å²) in [7, 11) is 0. The van der Waals surface area contributed by atoms with Crippen molar-refractivity contribution in [1.82, 2.24) is 0 Å². The van der Waals surface area contributed by atoms with E-state index in [1.165, 1.54) is 32.1 Å². The molecule has 3 aliphatic rings. The molecule has 2 bridgehead atoms. The second-order valence-corrected chi connectivity index (χ2v) is 4.67. The van der Waals surface area contributed by atoms with Crippen LogP contribution in [0.1, 0.15) is 32.1 Å². The smallest absolute Gasteiger partial charge is 0.00671 e. The Morgan fingerprint density at radius 1 is 1.23 bits per heavy atom. The van der Waals surface area contributed by atoms with Crippen molar-refractivity contribution >= 4 is 0 Å². The van der Waals surface area contributed by atoms with Gasteiger partial charge in [-0.3, -0.25) is 0 Å². The molecule has 13 heavy (non-hydrogen) atoms. The largest absolute Gasteiger partial charge is 0.0807 e. The molecule has 3 rings (SSSR count). The van der Waals surface area contributed by atoms with Crippen molar-refractivity contribution in [1.29, 1.82) is 0 Å². The molecule has 68 valence electrons. The van der Waals surface area contributed by atoms with Gasteiger partial charge in [-0.1, -0.05) is 29.9 Å². The molecule has 2 unspecified atom stereocenters. The summed E-state index contributed by atoms with van der Waals surface area (Å²) in [6, 6.07) is 0. The van der Waals surface area contributed by atoms with Crippen molar-refractivity contribution in [3.63, 3.8) is 0 Å². The third-order valence-corrected chi connectivity index (χ3v) is 3.66. The van der Waals surface area contributed by atoms with Gasteiger partial charge < -0.3 is 0 Å². The average Bonchev–Trinajstić information content (AvgIpc) is 2.90. The maximum Gasteiger partial charge on any atom is -0.00671 e. The summed E-state index contributed by atoms with van der Waals surface area (Å²) < 4.78 is 0. The zero-order chi connectivity index (χ0) is 8.67. The third kappa shape index (κ3) is 1.50. The van der Waals surface area contributed by atoms with E-state index >= 15 is 0 Å². The first kappa shape index (κ1) is 7.61. The van der Waals surface area contributed by atoms with E-state index in [1.807, 2.05) is 0 Å². The van der Waals surface area contributed by atoms with Crippen molar-refractivity contribution in [3.8, 4) is 0 Å². The van der Waals surface area contributed by atoms with Gasteiger partial charge in [0.05, 0.1) is 0 Å². The van der Waals surface area contributed by atoms with E-state index in [9.17, 15) is 0 Å². The van der Waals surface area contributed by atoms with Gasteiger partial charge in [0.15, 0.2) is 0 Å². The van der Waals surface area contributed by atoms with Crippen LogP contribution in [0.25, 0.3) is 0 Å². The van der Waals surface area contributed by atoms with Crippen molar-refractivity contribution in [2.75, 3.05) is 0 Å². The van der Waals surface area contributed by atoms with Crippen LogP contribution in [-0.4, -0.2) is 0 Å². The lowest BCUT2D eigenvalue weighted by atomic mass is 9.96. The van der Waals surface area contributed by atoms with Gasteiger partial charge in [-0.2, -0.15) is 0 Å². The van der Waals surface area contributed by atoms with Gasteiger partial charge in [0.2, 0.25) is 0 Å². The summed E-state index contributed by atoms with van der Waals surface area (Å²) in [5, 5.41) is 0. The summed E-state index contributed by atoms with van der Waals surface area (Å²) in [6.07, 6.45) is 16.2. The van der Waals surface area contributed by atoms with Gasteiger partial charge in [-0.25, -0.2) is 0 Å². The molecule has 0 radical (unpaired) electrons. The Hall–Kier alpha value is -0.780. The third-order valence-electron chi connectivity index (χ3n) is 3.66. The van der Waals surface area contributed by atoms with E-state index in [1.54, 1.807) is 11.1 Å². The fraction of sp³-hybridized carbons (Fsp3) is 0.538. The SMILES string of the molecule is C1=C/C2=C\CC3CC3CCC(=C1)C2. The Bertz CT molecular complexity index is 304. The number of hydrogen-bond donors (Lipinski definition) is 0. The van der Waals surface area contributed by atoms with Gasteiger partial charge in [-0.15, -0.1) is 0 Å². The standard InChI is InChI=1S/C13H16/c1-2-10-4-6-12-9-13(12)7-5-11(3-1)8-10/h1-4,12-13H,5-9H2/b10-4+. The first-order valence-corrected chi connectivity index (χ1v) is 5.47. The molecule has 0 spiro atoms. The fourth-order valence-electron chi connectivity index (χ4n) is 2.63. The van der Waals surface area contributed by atoms with Crippen LogP contribution in [0.2, 0.25) is 0 Å². The van der Waals surface area contributed by atoms with Crippen LogP contribution < -0.4 is 0 Å².